The molecule has 1 saturated heterocycles. The maximum absolute atomic E-state index is 5.50. The van der Waals surface area contributed by atoms with Crippen LogP contribution in [0.3, 0.4) is 0 Å². The van der Waals surface area contributed by atoms with Crippen LogP contribution in [0.2, 0.25) is 0 Å². The first-order valence-corrected chi connectivity index (χ1v) is 7.84. The highest BCUT2D eigenvalue weighted by molar-refractivity contribution is 5.12. The van der Waals surface area contributed by atoms with Crippen LogP contribution in [0, 0.1) is 0 Å². The topological polar surface area (TPSA) is 42.2 Å². The molecule has 2 aromatic heterocycles. The lowest BCUT2D eigenvalue weighted by atomic mass is 9.98. The molecule has 1 atom stereocenters. The quantitative estimate of drug-likeness (QED) is 0.854. The lowest BCUT2D eigenvalue weighted by molar-refractivity contribution is 0.123. The highest BCUT2D eigenvalue weighted by Gasteiger charge is 2.26. The summed E-state index contributed by atoms with van der Waals surface area (Å²) in [5, 5.41) is 4.16. The maximum Gasteiger partial charge on any atom is 0.151 e. The van der Waals surface area contributed by atoms with E-state index < -0.39 is 0 Å². The second-order valence-electron chi connectivity index (χ2n) is 6.11. The Morgan fingerprint density at radius 2 is 2.24 bits per heavy atom. The van der Waals surface area contributed by atoms with E-state index in [1.807, 2.05) is 12.3 Å². The molecule has 1 aliphatic heterocycles. The average Bonchev–Trinajstić information content (AvgIpc) is 2.98. The number of pyridine rings is 1. The first kappa shape index (κ1) is 14.3. The summed E-state index contributed by atoms with van der Waals surface area (Å²) in [7, 11) is 0. The van der Waals surface area contributed by atoms with Crippen molar-refractivity contribution in [2.75, 3.05) is 6.54 Å². The zero-order valence-corrected chi connectivity index (χ0v) is 12.8. The van der Waals surface area contributed by atoms with Gasteiger partial charge in [-0.05, 0) is 37.4 Å². The molecule has 3 rings (SSSR count). The summed E-state index contributed by atoms with van der Waals surface area (Å²) in [6.07, 6.45) is 5.57. The van der Waals surface area contributed by atoms with Gasteiger partial charge in [0.1, 0.15) is 0 Å². The van der Waals surface area contributed by atoms with Crippen molar-refractivity contribution >= 4 is 0 Å². The minimum absolute atomic E-state index is 0.396. The van der Waals surface area contributed by atoms with Crippen molar-refractivity contribution in [2.45, 2.75) is 51.6 Å². The van der Waals surface area contributed by atoms with E-state index in [9.17, 15) is 0 Å². The van der Waals surface area contributed by atoms with E-state index in [-0.39, 0.29) is 0 Å². The maximum atomic E-state index is 5.50. The molecule has 0 aromatic carbocycles. The van der Waals surface area contributed by atoms with Gasteiger partial charge in [-0.1, -0.05) is 31.5 Å². The van der Waals surface area contributed by atoms with Gasteiger partial charge >= 0.3 is 0 Å². The Bertz CT molecular complexity index is 564. The Kier molecular flexibility index (Phi) is 4.34. The van der Waals surface area contributed by atoms with Crippen LogP contribution in [0.4, 0.5) is 0 Å². The third-order valence-corrected chi connectivity index (χ3v) is 4.17. The fourth-order valence-corrected chi connectivity index (χ4v) is 2.96. The van der Waals surface area contributed by atoms with Crippen molar-refractivity contribution in [3.05, 3.63) is 47.6 Å². The lowest BCUT2D eigenvalue weighted by Gasteiger charge is -2.34. The van der Waals surface area contributed by atoms with Gasteiger partial charge in [0, 0.05) is 12.3 Å². The standard InChI is InChI=1S/C17H23N3O/c1-13(2)16-11-14(21-19-16)12-20-10-6-4-8-17(20)15-7-3-5-9-18-15/h3,5,7,9,11,13,17H,4,6,8,10,12H2,1-2H3. The van der Waals surface area contributed by atoms with Crippen LogP contribution in [-0.2, 0) is 6.54 Å². The molecule has 4 nitrogen and oxygen atoms in total. The van der Waals surface area contributed by atoms with Crippen molar-refractivity contribution in [2.24, 2.45) is 0 Å². The van der Waals surface area contributed by atoms with E-state index in [0.29, 0.717) is 12.0 Å². The van der Waals surface area contributed by atoms with Gasteiger partial charge in [0.05, 0.1) is 24.0 Å². The predicted molar refractivity (Wildman–Crippen MR) is 81.8 cm³/mol. The third-order valence-electron chi connectivity index (χ3n) is 4.17. The Balaban J connectivity index is 1.75. The Morgan fingerprint density at radius 3 is 2.95 bits per heavy atom. The van der Waals surface area contributed by atoms with E-state index in [1.54, 1.807) is 0 Å². The fraction of sp³-hybridized carbons (Fsp3) is 0.529. The van der Waals surface area contributed by atoms with Crippen LogP contribution in [-0.4, -0.2) is 21.6 Å². The molecular formula is C17H23N3O. The Morgan fingerprint density at radius 1 is 1.33 bits per heavy atom. The van der Waals surface area contributed by atoms with Crippen LogP contribution in [0.1, 0.15) is 62.2 Å². The van der Waals surface area contributed by atoms with E-state index in [2.05, 4.69) is 47.1 Å². The molecule has 112 valence electrons. The summed E-state index contributed by atoms with van der Waals surface area (Å²) < 4.78 is 5.50. The minimum atomic E-state index is 0.396. The molecule has 0 N–H and O–H groups in total. The highest BCUT2D eigenvalue weighted by Crippen LogP contribution is 2.31. The highest BCUT2D eigenvalue weighted by atomic mass is 16.5. The van der Waals surface area contributed by atoms with Crippen LogP contribution in [0.5, 0.6) is 0 Å². The van der Waals surface area contributed by atoms with E-state index in [0.717, 1.165) is 24.5 Å². The molecule has 1 aliphatic rings. The Labute approximate surface area is 126 Å². The van der Waals surface area contributed by atoms with Gasteiger partial charge in [0.25, 0.3) is 0 Å². The lowest BCUT2D eigenvalue weighted by Crippen LogP contribution is -2.33. The van der Waals surface area contributed by atoms with Gasteiger partial charge in [-0.25, -0.2) is 0 Å². The van der Waals surface area contributed by atoms with Crippen molar-refractivity contribution in [3.8, 4) is 0 Å². The first-order chi connectivity index (χ1) is 10.2. The normalized spacial score (nSPS) is 20.0. The molecule has 0 aliphatic carbocycles. The van der Waals surface area contributed by atoms with Gasteiger partial charge in [-0.3, -0.25) is 9.88 Å². The minimum Gasteiger partial charge on any atom is -0.360 e. The monoisotopic (exact) mass is 285 g/mol. The van der Waals surface area contributed by atoms with E-state index in [4.69, 9.17) is 4.52 Å². The number of likely N-dealkylation sites (tertiary alicyclic amines) is 1. The molecule has 0 radical (unpaired) electrons. The summed E-state index contributed by atoms with van der Waals surface area (Å²) in [6.45, 7) is 6.19. The summed E-state index contributed by atoms with van der Waals surface area (Å²) >= 11 is 0. The second kappa shape index (κ2) is 6.39. The summed E-state index contributed by atoms with van der Waals surface area (Å²) in [4.78, 5) is 7.01. The zero-order valence-electron chi connectivity index (χ0n) is 12.8. The zero-order chi connectivity index (χ0) is 14.7. The number of aromatic nitrogens is 2. The van der Waals surface area contributed by atoms with Gasteiger partial charge in [0.2, 0.25) is 0 Å². The molecule has 3 heterocycles. The van der Waals surface area contributed by atoms with Gasteiger partial charge in [0.15, 0.2) is 5.76 Å². The van der Waals surface area contributed by atoms with Crippen LogP contribution < -0.4 is 0 Å². The van der Waals surface area contributed by atoms with Crippen LogP contribution in [0.25, 0.3) is 0 Å². The summed E-state index contributed by atoms with van der Waals surface area (Å²) in [5.41, 5.74) is 2.21. The molecule has 21 heavy (non-hydrogen) atoms. The molecule has 1 fully saturated rings. The average molecular weight is 285 g/mol. The summed E-state index contributed by atoms with van der Waals surface area (Å²) in [5.74, 6) is 1.37. The summed E-state index contributed by atoms with van der Waals surface area (Å²) in [6, 6.07) is 8.66. The van der Waals surface area contributed by atoms with Crippen molar-refractivity contribution in [1.82, 2.24) is 15.0 Å². The molecule has 0 amide bonds. The number of hydrogen-bond acceptors (Lipinski definition) is 4. The molecule has 2 aromatic rings. The fourth-order valence-electron chi connectivity index (χ4n) is 2.96. The van der Waals surface area contributed by atoms with E-state index in [1.165, 1.54) is 25.0 Å². The number of piperidine rings is 1. The van der Waals surface area contributed by atoms with Crippen molar-refractivity contribution < 1.29 is 4.52 Å². The first-order valence-electron chi connectivity index (χ1n) is 7.84. The van der Waals surface area contributed by atoms with Crippen LogP contribution in [0.15, 0.2) is 35.0 Å². The molecule has 4 heteroatoms. The molecule has 0 spiro atoms. The second-order valence-corrected chi connectivity index (χ2v) is 6.11. The molecule has 1 unspecified atom stereocenters. The molecule has 0 saturated carbocycles. The SMILES string of the molecule is CC(C)c1cc(CN2CCCCC2c2ccccn2)on1. The number of hydrogen-bond donors (Lipinski definition) is 0. The van der Waals surface area contributed by atoms with Gasteiger partial charge in [-0.2, -0.15) is 0 Å². The number of nitrogens with zero attached hydrogens (tertiary/aromatic N) is 3. The van der Waals surface area contributed by atoms with Gasteiger partial charge in [-0.15, -0.1) is 0 Å². The van der Waals surface area contributed by atoms with Crippen molar-refractivity contribution in [3.63, 3.8) is 0 Å². The largest absolute Gasteiger partial charge is 0.360 e. The van der Waals surface area contributed by atoms with Crippen molar-refractivity contribution in [1.29, 1.82) is 0 Å². The molecular weight excluding hydrogens is 262 g/mol. The molecule has 0 bridgehead atoms. The Hall–Kier alpha value is -1.68. The third kappa shape index (κ3) is 3.32. The number of rotatable bonds is 4. The van der Waals surface area contributed by atoms with Crippen LogP contribution >= 0.6 is 0 Å². The predicted octanol–water partition coefficient (Wildman–Crippen LogP) is 3.92. The van der Waals surface area contributed by atoms with Gasteiger partial charge < -0.3 is 4.52 Å². The van der Waals surface area contributed by atoms with E-state index >= 15 is 0 Å². The smallest absolute Gasteiger partial charge is 0.151 e.